The number of fused-ring (bicyclic) bond motifs is 4. The van der Waals surface area contributed by atoms with Gasteiger partial charge in [0.05, 0.1) is 11.0 Å². The lowest BCUT2D eigenvalue weighted by Gasteiger charge is -2.12. The summed E-state index contributed by atoms with van der Waals surface area (Å²) in [6, 6.07) is 16.2. The largest absolute Gasteiger partial charge is 0.382 e. The van der Waals surface area contributed by atoms with E-state index >= 15 is 0 Å². The number of benzene rings is 2. The average Bonchev–Trinajstić information content (AvgIpc) is 3.19. The van der Waals surface area contributed by atoms with Crippen LogP contribution in [0.1, 0.15) is 50.9 Å². The lowest BCUT2D eigenvalue weighted by Crippen LogP contribution is -2.24. The van der Waals surface area contributed by atoms with E-state index in [9.17, 15) is 4.79 Å². The minimum Gasteiger partial charge on any atom is -0.382 e. The lowest BCUT2D eigenvalue weighted by molar-refractivity contribution is 0.141. The normalized spacial score (nSPS) is 12.7. The van der Waals surface area contributed by atoms with E-state index in [-0.39, 0.29) is 5.56 Å². The van der Waals surface area contributed by atoms with Gasteiger partial charge in [0.1, 0.15) is 16.7 Å². The van der Waals surface area contributed by atoms with Crippen LogP contribution in [-0.4, -0.2) is 37.3 Å². The van der Waals surface area contributed by atoms with E-state index < -0.39 is 0 Å². The smallest absolute Gasteiger partial charge is 0.265 e. The van der Waals surface area contributed by atoms with Gasteiger partial charge < -0.3 is 4.74 Å². The zero-order valence-electron chi connectivity index (χ0n) is 20.8. The topological polar surface area (TPSA) is 74.8 Å². The summed E-state index contributed by atoms with van der Waals surface area (Å²) < 4.78 is 9.18. The molecule has 7 heteroatoms. The van der Waals surface area contributed by atoms with Gasteiger partial charge in [-0.25, -0.2) is 15.0 Å². The highest BCUT2D eigenvalue weighted by molar-refractivity contribution is 6.05. The molecule has 0 aliphatic heterocycles. The molecule has 0 aliphatic carbocycles. The van der Waals surface area contributed by atoms with Gasteiger partial charge in [0, 0.05) is 25.4 Å². The van der Waals surface area contributed by atoms with Crippen molar-refractivity contribution >= 4 is 33.2 Å². The summed E-state index contributed by atoms with van der Waals surface area (Å²) in [6.45, 7) is 10.1. The molecule has 3 aromatic heterocycles. The van der Waals surface area contributed by atoms with Crippen molar-refractivity contribution in [3.63, 3.8) is 0 Å². The first-order valence-corrected chi connectivity index (χ1v) is 12.4. The minimum absolute atomic E-state index is 0.0893. The van der Waals surface area contributed by atoms with Crippen molar-refractivity contribution in [2.24, 2.45) is 0 Å². The molecule has 7 nitrogen and oxygen atoms in total. The van der Waals surface area contributed by atoms with Crippen LogP contribution in [0.25, 0.3) is 38.9 Å². The molecule has 0 aliphatic rings. The third kappa shape index (κ3) is 4.10. The zero-order valence-corrected chi connectivity index (χ0v) is 20.8. The summed E-state index contributed by atoms with van der Waals surface area (Å²) in [5, 5.41) is 0.506. The molecule has 0 saturated carbocycles. The maximum Gasteiger partial charge on any atom is 0.265 e. The van der Waals surface area contributed by atoms with Gasteiger partial charge in [0.15, 0.2) is 11.3 Å². The van der Waals surface area contributed by atoms with Crippen LogP contribution in [-0.2, 0) is 11.3 Å². The number of rotatable bonds is 8. The van der Waals surface area contributed by atoms with Crippen molar-refractivity contribution in [1.82, 2.24) is 24.1 Å². The molecule has 0 bridgehead atoms. The van der Waals surface area contributed by atoms with Crippen molar-refractivity contribution in [2.45, 2.75) is 53.0 Å². The van der Waals surface area contributed by atoms with Gasteiger partial charge in [-0.05, 0) is 62.4 Å². The highest BCUT2D eigenvalue weighted by atomic mass is 16.5. The molecular weight excluding hydrogens is 438 g/mol. The molecule has 0 spiro atoms. The molecule has 0 fully saturated rings. The number of aromatic nitrogens is 5. The maximum absolute atomic E-state index is 13.8. The Bertz CT molecular complexity index is 1570. The molecule has 0 N–H and O–H groups in total. The number of para-hydroxylation sites is 2. The van der Waals surface area contributed by atoms with Crippen molar-refractivity contribution < 1.29 is 4.74 Å². The summed E-state index contributed by atoms with van der Waals surface area (Å²) in [5.41, 5.74) is 5.48. The van der Waals surface area contributed by atoms with Gasteiger partial charge in [-0.3, -0.25) is 13.9 Å². The van der Waals surface area contributed by atoms with Crippen LogP contribution in [0, 0.1) is 6.92 Å². The highest BCUT2D eigenvalue weighted by Gasteiger charge is 2.22. The first-order valence-electron chi connectivity index (χ1n) is 12.4. The molecule has 0 unspecified atom stereocenters. The Balaban J connectivity index is 1.78. The average molecular weight is 470 g/mol. The molecule has 5 rings (SSSR count). The second kappa shape index (κ2) is 9.58. The van der Waals surface area contributed by atoms with Gasteiger partial charge in [0.2, 0.25) is 0 Å². The van der Waals surface area contributed by atoms with Gasteiger partial charge in [-0.2, -0.15) is 0 Å². The first-order chi connectivity index (χ1) is 17.0. The van der Waals surface area contributed by atoms with Crippen LogP contribution in [0.15, 0.2) is 53.3 Å². The van der Waals surface area contributed by atoms with E-state index in [1.807, 2.05) is 42.7 Å². The summed E-state index contributed by atoms with van der Waals surface area (Å²) in [4.78, 5) is 28.5. The molecule has 0 amide bonds. The quantitative estimate of drug-likeness (QED) is 0.279. The zero-order chi connectivity index (χ0) is 24.5. The molecular formula is C28H31N5O2. The maximum atomic E-state index is 13.8. The van der Waals surface area contributed by atoms with Gasteiger partial charge >= 0.3 is 0 Å². The van der Waals surface area contributed by atoms with Crippen LogP contribution in [0.3, 0.4) is 0 Å². The molecule has 2 aromatic carbocycles. The van der Waals surface area contributed by atoms with Crippen LogP contribution in [0.2, 0.25) is 0 Å². The first kappa shape index (κ1) is 23.2. The van der Waals surface area contributed by atoms with Crippen LogP contribution in [0.5, 0.6) is 0 Å². The molecule has 0 radical (unpaired) electrons. The Labute approximate surface area is 204 Å². The van der Waals surface area contributed by atoms with Crippen molar-refractivity contribution in [3.05, 3.63) is 70.3 Å². The van der Waals surface area contributed by atoms with E-state index in [0.717, 1.165) is 29.6 Å². The van der Waals surface area contributed by atoms with Crippen LogP contribution in [0.4, 0.5) is 0 Å². The predicted octanol–water partition coefficient (Wildman–Crippen LogP) is 5.53. The predicted molar refractivity (Wildman–Crippen MR) is 140 cm³/mol. The standard InChI is InChI=1S/C28H31N5O2/c1-5-18(3)20-12-14-21(15-13-20)33-26-24(25-27(33)31-23-11-8-7-10-22(23)30-25)28(34)32(19(4)29-26)16-9-17-35-6-2/h7-8,10-15,18H,5-6,9,16-17H2,1-4H3/t18-/m1/s1. The van der Waals surface area contributed by atoms with E-state index in [1.54, 1.807) is 4.57 Å². The van der Waals surface area contributed by atoms with E-state index in [0.29, 0.717) is 53.7 Å². The Morgan fingerprint density at radius 1 is 0.943 bits per heavy atom. The van der Waals surface area contributed by atoms with E-state index in [4.69, 9.17) is 19.7 Å². The molecule has 0 saturated heterocycles. The second-order valence-corrected chi connectivity index (χ2v) is 8.99. The Morgan fingerprint density at radius 2 is 1.66 bits per heavy atom. The Kier molecular flexibility index (Phi) is 6.34. The molecule has 180 valence electrons. The minimum atomic E-state index is -0.0893. The number of hydrogen-bond acceptors (Lipinski definition) is 5. The fourth-order valence-corrected chi connectivity index (χ4v) is 4.60. The molecule has 3 heterocycles. The third-order valence-corrected chi connectivity index (χ3v) is 6.76. The van der Waals surface area contributed by atoms with Gasteiger partial charge in [0.25, 0.3) is 5.56 Å². The Morgan fingerprint density at radius 3 is 2.34 bits per heavy atom. The fraction of sp³-hybridized carbons (Fsp3) is 0.357. The number of nitrogens with zero attached hydrogens (tertiary/aromatic N) is 5. The van der Waals surface area contributed by atoms with E-state index in [1.165, 1.54) is 5.56 Å². The highest BCUT2D eigenvalue weighted by Crippen LogP contribution is 2.29. The summed E-state index contributed by atoms with van der Waals surface area (Å²) >= 11 is 0. The summed E-state index contributed by atoms with van der Waals surface area (Å²) in [7, 11) is 0. The second-order valence-electron chi connectivity index (χ2n) is 8.99. The summed E-state index contributed by atoms with van der Waals surface area (Å²) in [6.07, 6.45) is 1.82. The molecule has 1 atom stereocenters. The number of hydrogen-bond donors (Lipinski definition) is 0. The van der Waals surface area contributed by atoms with E-state index in [2.05, 4.69) is 38.1 Å². The van der Waals surface area contributed by atoms with Crippen molar-refractivity contribution in [2.75, 3.05) is 13.2 Å². The van der Waals surface area contributed by atoms with Gasteiger partial charge in [-0.15, -0.1) is 0 Å². The number of aryl methyl sites for hydroxylation is 1. The molecule has 5 aromatic rings. The fourth-order valence-electron chi connectivity index (χ4n) is 4.60. The van der Waals surface area contributed by atoms with Crippen LogP contribution >= 0.6 is 0 Å². The van der Waals surface area contributed by atoms with Crippen LogP contribution < -0.4 is 5.56 Å². The molecule has 35 heavy (non-hydrogen) atoms. The SMILES string of the molecule is CCOCCCn1c(C)nc2c(c1=O)c1nc3ccccc3nc1n2-c1ccc([C@H](C)CC)cc1. The Hall–Kier alpha value is -3.58. The monoisotopic (exact) mass is 469 g/mol. The van der Waals surface area contributed by atoms with Crippen molar-refractivity contribution in [3.8, 4) is 5.69 Å². The lowest BCUT2D eigenvalue weighted by atomic mass is 9.99. The summed E-state index contributed by atoms with van der Waals surface area (Å²) in [5.74, 6) is 1.15. The third-order valence-electron chi connectivity index (χ3n) is 6.76. The van der Waals surface area contributed by atoms with Gasteiger partial charge in [-0.1, -0.05) is 38.1 Å². The number of ether oxygens (including phenoxy) is 1. The van der Waals surface area contributed by atoms with Crippen molar-refractivity contribution in [1.29, 1.82) is 0 Å².